The summed E-state index contributed by atoms with van der Waals surface area (Å²) in [4.78, 5) is 11.4. The van der Waals surface area contributed by atoms with Gasteiger partial charge in [-0.15, -0.1) is 0 Å². The first kappa shape index (κ1) is 11.7. The molecule has 0 fully saturated rings. The van der Waals surface area contributed by atoms with Crippen LogP contribution < -0.4 is 5.73 Å². The first-order valence-electron chi connectivity index (χ1n) is 5.54. The zero-order valence-electron chi connectivity index (χ0n) is 10.0. The number of methoxy groups -OCH3 is 1. The van der Waals surface area contributed by atoms with E-state index in [4.69, 9.17) is 10.5 Å². The number of hydrogen-bond acceptors (Lipinski definition) is 3. The van der Waals surface area contributed by atoms with Crippen LogP contribution in [0.5, 0.6) is 0 Å². The van der Waals surface area contributed by atoms with Crippen LogP contribution in [0.15, 0.2) is 30.5 Å². The molecule has 2 N–H and O–H groups in total. The van der Waals surface area contributed by atoms with E-state index in [2.05, 4.69) is 4.57 Å². The molecule has 0 saturated carbocycles. The van der Waals surface area contributed by atoms with E-state index < -0.39 is 0 Å². The highest BCUT2D eigenvalue weighted by atomic mass is 16.5. The lowest BCUT2D eigenvalue weighted by molar-refractivity contribution is 0.0601. The Hall–Kier alpha value is -1.81. The van der Waals surface area contributed by atoms with Gasteiger partial charge in [-0.1, -0.05) is 0 Å². The van der Waals surface area contributed by atoms with Gasteiger partial charge in [-0.3, -0.25) is 0 Å². The summed E-state index contributed by atoms with van der Waals surface area (Å²) in [6, 6.07) is 7.60. The number of fused-ring (bicyclic) bond motifs is 1. The first-order chi connectivity index (χ1) is 8.11. The van der Waals surface area contributed by atoms with Gasteiger partial charge < -0.3 is 15.0 Å². The van der Waals surface area contributed by atoms with Crippen molar-refractivity contribution in [2.75, 3.05) is 7.11 Å². The number of ether oxygens (including phenoxy) is 1. The largest absolute Gasteiger partial charge is 0.465 e. The molecule has 0 unspecified atom stereocenters. The number of rotatable bonds is 3. The molecule has 0 aliphatic carbocycles. The lowest BCUT2D eigenvalue weighted by Crippen LogP contribution is -2.21. The molecule has 0 amide bonds. The van der Waals surface area contributed by atoms with Gasteiger partial charge in [-0.2, -0.15) is 0 Å². The summed E-state index contributed by atoms with van der Waals surface area (Å²) < 4.78 is 6.78. The molecule has 0 aliphatic heterocycles. The van der Waals surface area contributed by atoms with Crippen LogP contribution in [-0.2, 0) is 11.3 Å². The monoisotopic (exact) mass is 232 g/mol. The maximum absolute atomic E-state index is 11.4. The Balaban J connectivity index is 2.41. The van der Waals surface area contributed by atoms with E-state index in [9.17, 15) is 4.79 Å². The predicted molar refractivity (Wildman–Crippen MR) is 66.9 cm³/mol. The van der Waals surface area contributed by atoms with Gasteiger partial charge in [-0.25, -0.2) is 4.79 Å². The molecule has 4 heteroatoms. The van der Waals surface area contributed by atoms with Gasteiger partial charge in [0.05, 0.1) is 12.7 Å². The number of aromatic nitrogens is 1. The molecule has 0 saturated heterocycles. The third-order valence-corrected chi connectivity index (χ3v) is 2.68. The van der Waals surface area contributed by atoms with Gasteiger partial charge in [-0.05, 0) is 31.2 Å². The maximum atomic E-state index is 11.4. The Morgan fingerprint density at radius 2 is 2.24 bits per heavy atom. The summed E-state index contributed by atoms with van der Waals surface area (Å²) >= 11 is 0. The van der Waals surface area contributed by atoms with E-state index in [-0.39, 0.29) is 12.0 Å². The van der Waals surface area contributed by atoms with E-state index in [0.717, 1.165) is 17.4 Å². The standard InChI is InChI=1S/C13H16N2O2/c1-9(14)8-15-6-5-10-7-11(13(16)17-2)3-4-12(10)15/h3-7,9H,8,14H2,1-2H3/t9-/m1/s1. The molecule has 1 aromatic carbocycles. The fraction of sp³-hybridized carbons (Fsp3) is 0.308. The molecule has 0 bridgehead atoms. The molecule has 90 valence electrons. The van der Waals surface area contributed by atoms with Gasteiger partial charge in [0.2, 0.25) is 0 Å². The quantitative estimate of drug-likeness (QED) is 0.820. The van der Waals surface area contributed by atoms with Gasteiger partial charge in [0, 0.05) is 29.7 Å². The molecule has 0 spiro atoms. The van der Waals surface area contributed by atoms with Crippen molar-refractivity contribution in [2.24, 2.45) is 5.73 Å². The highest BCUT2D eigenvalue weighted by Crippen LogP contribution is 2.18. The van der Waals surface area contributed by atoms with Gasteiger partial charge >= 0.3 is 5.97 Å². The number of benzene rings is 1. The molecular weight excluding hydrogens is 216 g/mol. The summed E-state index contributed by atoms with van der Waals surface area (Å²) in [7, 11) is 1.38. The fourth-order valence-electron chi connectivity index (χ4n) is 1.91. The van der Waals surface area contributed by atoms with E-state index in [1.807, 2.05) is 31.3 Å². The second-order valence-corrected chi connectivity index (χ2v) is 4.21. The second-order valence-electron chi connectivity index (χ2n) is 4.21. The van der Waals surface area contributed by atoms with E-state index in [1.54, 1.807) is 6.07 Å². The molecule has 1 heterocycles. The van der Waals surface area contributed by atoms with Crippen LogP contribution in [0, 0.1) is 0 Å². The minimum atomic E-state index is -0.313. The van der Waals surface area contributed by atoms with E-state index in [1.165, 1.54) is 7.11 Å². The lowest BCUT2D eigenvalue weighted by atomic mass is 10.1. The van der Waals surface area contributed by atoms with Crippen LogP contribution in [0.4, 0.5) is 0 Å². The molecule has 1 atom stereocenters. The Kier molecular flexibility index (Phi) is 3.15. The third kappa shape index (κ3) is 2.31. The van der Waals surface area contributed by atoms with Crippen molar-refractivity contribution in [2.45, 2.75) is 19.5 Å². The van der Waals surface area contributed by atoms with Crippen molar-refractivity contribution in [3.8, 4) is 0 Å². The normalized spacial score (nSPS) is 12.6. The summed E-state index contributed by atoms with van der Waals surface area (Å²) in [5.74, 6) is -0.313. The Morgan fingerprint density at radius 3 is 2.88 bits per heavy atom. The second kappa shape index (κ2) is 4.59. The highest BCUT2D eigenvalue weighted by molar-refractivity contribution is 5.94. The molecule has 4 nitrogen and oxygen atoms in total. The SMILES string of the molecule is COC(=O)c1ccc2c(ccn2C[C@@H](C)N)c1. The molecular formula is C13H16N2O2. The molecule has 17 heavy (non-hydrogen) atoms. The third-order valence-electron chi connectivity index (χ3n) is 2.68. The number of hydrogen-bond donors (Lipinski definition) is 1. The lowest BCUT2D eigenvalue weighted by Gasteiger charge is -2.08. The van der Waals surface area contributed by atoms with Crippen LogP contribution in [0.2, 0.25) is 0 Å². The number of nitrogens with zero attached hydrogens (tertiary/aromatic N) is 1. The maximum Gasteiger partial charge on any atom is 0.337 e. The average molecular weight is 232 g/mol. The van der Waals surface area contributed by atoms with Gasteiger partial charge in [0.25, 0.3) is 0 Å². The van der Waals surface area contributed by atoms with Crippen molar-refractivity contribution in [1.29, 1.82) is 0 Å². The zero-order chi connectivity index (χ0) is 12.4. The van der Waals surface area contributed by atoms with Crippen LogP contribution in [0.1, 0.15) is 17.3 Å². The Labute approximate surface area is 100.0 Å². The number of carbonyl (C=O) groups is 1. The number of esters is 1. The van der Waals surface area contributed by atoms with Crippen molar-refractivity contribution < 1.29 is 9.53 Å². The molecule has 2 rings (SSSR count). The van der Waals surface area contributed by atoms with Gasteiger partial charge in [0.15, 0.2) is 0 Å². The van der Waals surface area contributed by atoms with Gasteiger partial charge in [0.1, 0.15) is 0 Å². The minimum Gasteiger partial charge on any atom is -0.465 e. The van der Waals surface area contributed by atoms with Crippen LogP contribution in [0.25, 0.3) is 10.9 Å². The summed E-state index contributed by atoms with van der Waals surface area (Å²) in [6.45, 7) is 2.73. The highest BCUT2D eigenvalue weighted by Gasteiger charge is 2.08. The topological polar surface area (TPSA) is 57.2 Å². The predicted octanol–water partition coefficient (Wildman–Crippen LogP) is 1.78. The summed E-state index contributed by atoms with van der Waals surface area (Å²) in [5, 5.41) is 1.02. The van der Waals surface area contributed by atoms with Crippen molar-refractivity contribution in [3.63, 3.8) is 0 Å². The van der Waals surface area contributed by atoms with Crippen molar-refractivity contribution in [3.05, 3.63) is 36.0 Å². The Bertz CT molecular complexity index is 543. The summed E-state index contributed by atoms with van der Waals surface area (Å²) in [5.41, 5.74) is 7.43. The smallest absolute Gasteiger partial charge is 0.337 e. The van der Waals surface area contributed by atoms with Crippen LogP contribution in [0.3, 0.4) is 0 Å². The molecule has 2 aromatic rings. The fourth-order valence-corrected chi connectivity index (χ4v) is 1.91. The van der Waals surface area contributed by atoms with Crippen LogP contribution in [-0.4, -0.2) is 23.7 Å². The zero-order valence-corrected chi connectivity index (χ0v) is 10.0. The summed E-state index contributed by atoms with van der Waals surface area (Å²) in [6.07, 6.45) is 1.98. The Morgan fingerprint density at radius 1 is 1.47 bits per heavy atom. The average Bonchev–Trinajstić information content (AvgIpc) is 2.70. The van der Waals surface area contributed by atoms with Crippen LogP contribution >= 0.6 is 0 Å². The van der Waals surface area contributed by atoms with Crippen molar-refractivity contribution >= 4 is 16.9 Å². The first-order valence-corrected chi connectivity index (χ1v) is 5.54. The molecule has 0 aliphatic rings. The number of nitrogens with two attached hydrogens (primary N) is 1. The minimum absolute atomic E-state index is 0.103. The molecule has 1 aromatic heterocycles. The van der Waals surface area contributed by atoms with Crippen molar-refractivity contribution in [1.82, 2.24) is 4.57 Å². The van der Waals surface area contributed by atoms with E-state index in [0.29, 0.717) is 5.56 Å². The van der Waals surface area contributed by atoms with E-state index >= 15 is 0 Å². The number of carbonyl (C=O) groups excluding carboxylic acids is 1. The molecule has 0 radical (unpaired) electrons.